The zero-order chi connectivity index (χ0) is 21.1. The zero-order valence-electron chi connectivity index (χ0n) is 16.8. The molecule has 0 unspecified atom stereocenters. The summed E-state index contributed by atoms with van der Waals surface area (Å²) in [5.41, 5.74) is 7.89. The topological polar surface area (TPSA) is 93.6 Å². The van der Waals surface area contributed by atoms with Crippen molar-refractivity contribution in [2.24, 2.45) is 5.73 Å². The maximum Gasteiger partial charge on any atom is 0.231 e. The molecule has 0 aliphatic carbocycles. The molecule has 1 heterocycles. The van der Waals surface area contributed by atoms with Crippen molar-refractivity contribution in [1.82, 2.24) is 9.80 Å². The number of benzene rings is 2. The quantitative estimate of drug-likeness (QED) is 0.497. The number of nitrogens with one attached hydrogen (secondary N) is 1. The van der Waals surface area contributed by atoms with Gasteiger partial charge in [-0.1, -0.05) is 48.5 Å². The molecule has 0 bridgehead atoms. The minimum atomic E-state index is -0.235. The van der Waals surface area contributed by atoms with Gasteiger partial charge in [0, 0.05) is 44.5 Å². The van der Waals surface area contributed by atoms with Crippen LogP contribution < -0.4 is 5.73 Å². The number of para-hydroxylation sites is 1. The first-order valence-corrected chi connectivity index (χ1v) is 9.72. The summed E-state index contributed by atoms with van der Waals surface area (Å²) in [5.74, 6) is -0.0473. The number of nitrogens with two attached hydrogens (primary N) is 1. The maximum atomic E-state index is 10.8. The number of carbonyl (C=O) groups excluding carboxylic acids is 1. The molecule has 1 saturated heterocycles. The molecular formula is C23H30N4O2. The highest BCUT2D eigenvalue weighted by molar-refractivity contribution is 5.81. The Kier molecular flexibility index (Phi) is 9.08. The standard InChI is InChI=1S/C13H19N3O.C10H11NO/c14-13(17)11-16-8-6-15(7-9-16)10-12-4-2-1-3-5-12;1-2-4-8-5-3-6-9(7-11)10(8)12/h1-5H,6-11H2,(H2,14,17);2-3,5-7,11-12H,1,4H2. The monoisotopic (exact) mass is 394 g/mol. The van der Waals surface area contributed by atoms with Crippen molar-refractivity contribution in [3.05, 3.63) is 77.9 Å². The maximum absolute atomic E-state index is 10.8. The number of hydrogen-bond donors (Lipinski definition) is 3. The fraction of sp³-hybridized carbons (Fsp3) is 0.304. The molecule has 154 valence electrons. The van der Waals surface area contributed by atoms with Crippen LogP contribution in [-0.4, -0.2) is 59.8 Å². The Labute approximate surface area is 172 Å². The van der Waals surface area contributed by atoms with Gasteiger partial charge in [0.15, 0.2) is 0 Å². The number of hydrogen-bond acceptors (Lipinski definition) is 5. The highest BCUT2D eigenvalue weighted by Crippen LogP contribution is 2.21. The van der Waals surface area contributed by atoms with Gasteiger partial charge in [-0.3, -0.25) is 14.6 Å². The van der Waals surface area contributed by atoms with Crippen molar-refractivity contribution in [1.29, 1.82) is 5.41 Å². The smallest absolute Gasteiger partial charge is 0.231 e. The number of primary amides is 1. The molecule has 1 aliphatic rings. The molecule has 4 N–H and O–H groups in total. The van der Waals surface area contributed by atoms with Gasteiger partial charge in [0.2, 0.25) is 5.91 Å². The van der Waals surface area contributed by atoms with Gasteiger partial charge in [0.05, 0.1) is 6.54 Å². The molecule has 1 fully saturated rings. The van der Waals surface area contributed by atoms with Crippen LogP contribution in [0.1, 0.15) is 16.7 Å². The first kappa shape index (κ1) is 22.3. The number of piperazine rings is 1. The molecule has 3 rings (SSSR count). The molecule has 6 nitrogen and oxygen atoms in total. The summed E-state index contributed by atoms with van der Waals surface area (Å²) in [7, 11) is 0. The summed E-state index contributed by atoms with van der Waals surface area (Å²) in [6.45, 7) is 8.82. The third kappa shape index (κ3) is 7.52. The fourth-order valence-electron chi connectivity index (χ4n) is 3.22. The molecule has 0 radical (unpaired) electrons. The van der Waals surface area contributed by atoms with Crippen molar-refractivity contribution >= 4 is 12.1 Å². The first-order valence-electron chi connectivity index (χ1n) is 9.72. The van der Waals surface area contributed by atoms with Crippen LogP contribution in [0.4, 0.5) is 0 Å². The minimum Gasteiger partial charge on any atom is -0.507 e. The van der Waals surface area contributed by atoms with E-state index >= 15 is 0 Å². The average Bonchev–Trinajstić information content (AvgIpc) is 2.72. The van der Waals surface area contributed by atoms with E-state index in [2.05, 4.69) is 40.6 Å². The Balaban J connectivity index is 0.000000221. The molecule has 1 amide bonds. The van der Waals surface area contributed by atoms with Crippen LogP contribution in [-0.2, 0) is 17.8 Å². The van der Waals surface area contributed by atoms with Gasteiger partial charge >= 0.3 is 0 Å². The third-order valence-electron chi connectivity index (χ3n) is 4.76. The number of amides is 1. The number of rotatable bonds is 7. The summed E-state index contributed by atoms with van der Waals surface area (Å²) in [5, 5.41) is 16.5. The molecule has 0 saturated carbocycles. The van der Waals surface area contributed by atoms with E-state index in [0.29, 0.717) is 18.5 Å². The Morgan fingerprint density at radius 3 is 2.31 bits per heavy atom. The summed E-state index contributed by atoms with van der Waals surface area (Å²) in [6.07, 6.45) is 3.50. The number of phenols is 1. The molecule has 2 aromatic carbocycles. The van der Waals surface area contributed by atoms with Crippen LogP contribution in [0.3, 0.4) is 0 Å². The molecule has 29 heavy (non-hydrogen) atoms. The molecule has 1 aliphatic heterocycles. The summed E-state index contributed by atoms with van der Waals surface area (Å²) in [6, 6.07) is 15.8. The van der Waals surface area contributed by atoms with E-state index < -0.39 is 0 Å². The molecule has 2 aromatic rings. The van der Waals surface area contributed by atoms with Crippen LogP contribution in [0, 0.1) is 5.41 Å². The second-order valence-corrected chi connectivity index (χ2v) is 7.00. The highest BCUT2D eigenvalue weighted by Gasteiger charge is 2.17. The average molecular weight is 395 g/mol. The largest absolute Gasteiger partial charge is 0.507 e. The van der Waals surface area contributed by atoms with E-state index in [1.807, 2.05) is 18.2 Å². The molecule has 6 heteroatoms. The van der Waals surface area contributed by atoms with Gasteiger partial charge in [-0.2, -0.15) is 0 Å². The Hall–Kier alpha value is -2.96. The van der Waals surface area contributed by atoms with Gasteiger partial charge < -0.3 is 16.2 Å². The number of phenolic OH excluding ortho intramolecular Hbond substituents is 1. The fourth-order valence-corrected chi connectivity index (χ4v) is 3.22. The molecule has 0 spiro atoms. The lowest BCUT2D eigenvalue weighted by Gasteiger charge is -2.33. The van der Waals surface area contributed by atoms with E-state index in [1.54, 1.807) is 12.1 Å². The Morgan fingerprint density at radius 2 is 1.72 bits per heavy atom. The van der Waals surface area contributed by atoms with Gasteiger partial charge in [0.1, 0.15) is 5.75 Å². The van der Waals surface area contributed by atoms with Crippen molar-refractivity contribution in [3.63, 3.8) is 0 Å². The lowest BCUT2D eigenvalue weighted by atomic mass is 10.1. The molecule has 0 aromatic heterocycles. The summed E-state index contributed by atoms with van der Waals surface area (Å²) >= 11 is 0. The van der Waals surface area contributed by atoms with Crippen molar-refractivity contribution in [2.75, 3.05) is 32.7 Å². The van der Waals surface area contributed by atoms with E-state index in [-0.39, 0.29) is 11.7 Å². The minimum absolute atomic E-state index is 0.187. The normalized spacial score (nSPS) is 14.5. The van der Waals surface area contributed by atoms with Crippen molar-refractivity contribution in [3.8, 4) is 5.75 Å². The number of nitrogens with zero attached hydrogens (tertiary/aromatic N) is 2. The zero-order valence-corrected chi connectivity index (χ0v) is 16.8. The molecule has 0 atom stereocenters. The summed E-state index contributed by atoms with van der Waals surface area (Å²) < 4.78 is 0. The van der Waals surface area contributed by atoms with Gasteiger partial charge in [0.25, 0.3) is 0 Å². The van der Waals surface area contributed by atoms with E-state index in [4.69, 9.17) is 11.1 Å². The van der Waals surface area contributed by atoms with Crippen LogP contribution in [0.15, 0.2) is 61.2 Å². The van der Waals surface area contributed by atoms with Gasteiger partial charge in [-0.15, -0.1) is 6.58 Å². The van der Waals surface area contributed by atoms with Crippen molar-refractivity contribution in [2.45, 2.75) is 13.0 Å². The van der Waals surface area contributed by atoms with Crippen LogP contribution in [0.5, 0.6) is 5.75 Å². The Bertz CT molecular complexity index is 800. The predicted octanol–water partition coefficient (Wildman–Crippen LogP) is 2.41. The third-order valence-corrected chi connectivity index (χ3v) is 4.76. The second kappa shape index (κ2) is 11.8. The summed E-state index contributed by atoms with van der Waals surface area (Å²) in [4.78, 5) is 15.3. The molecular weight excluding hydrogens is 364 g/mol. The van der Waals surface area contributed by atoms with Crippen LogP contribution in [0.2, 0.25) is 0 Å². The van der Waals surface area contributed by atoms with Gasteiger partial charge in [-0.25, -0.2) is 0 Å². The lowest BCUT2D eigenvalue weighted by molar-refractivity contribution is -0.119. The first-order chi connectivity index (χ1) is 14.0. The van der Waals surface area contributed by atoms with Crippen LogP contribution >= 0.6 is 0 Å². The van der Waals surface area contributed by atoms with E-state index in [9.17, 15) is 9.90 Å². The van der Waals surface area contributed by atoms with Crippen LogP contribution in [0.25, 0.3) is 0 Å². The van der Waals surface area contributed by atoms with Crippen molar-refractivity contribution < 1.29 is 9.90 Å². The lowest BCUT2D eigenvalue weighted by Crippen LogP contribution is -2.48. The van der Waals surface area contributed by atoms with E-state index in [1.165, 1.54) is 5.56 Å². The Morgan fingerprint density at radius 1 is 1.07 bits per heavy atom. The highest BCUT2D eigenvalue weighted by atomic mass is 16.3. The number of aromatic hydroxyl groups is 1. The SMILES string of the molecule is C=CCc1cccc(C=N)c1O.NC(=O)CN1CCN(Cc2ccccc2)CC1. The predicted molar refractivity (Wildman–Crippen MR) is 117 cm³/mol. The van der Waals surface area contributed by atoms with Gasteiger partial charge in [-0.05, 0) is 23.6 Å². The number of carbonyl (C=O) groups is 1. The second-order valence-electron chi connectivity index (χ2n) is 7.00. The van der Waals surface area contributed by atoms with E-state index in [0.717, 1.165) is 44.5 Å². The number of allylic oxidation sites excluding steroid dienone is 1.